The van der Waals surface area contributed by atoms with E-state index in [0.717, 1.165) is 34.9 Å². The highest BCUT2D eigenvalue weighted by atomic mass is 16.5. The first-order valence-electron chi connectivity index (χ1n) is 12.0. The Hall–Kier alpha value is -3.83. The Kier molecular flexibility index (Phi) is 8.95. The van der Waals surface area contributed by atoms with Crippen LogP contribution in [0.25, 0.3) is 5.69 Å². The highest BCUT2D eigenvalue weighted by Crippen LogP contribution is 2.32. The monoisotopic (exact) mass is 485 g/mol. The Bertz CT molecular complexity index is 1230. The van der Waals surface area contributed by atoms with Crippen LogP contribution in [0.3, 0.4) is 0 Å². The van der Waals surface area contributed by atoms with Crippen molar-refractivity contribution in [2.75, 3.05) is 19.8 Å². The van der Waals surface area contributed by atoms with Crippen LogP contribution < -0.4 is 4.74 Å². The minimum atomic E-state index is -0.721. The highest BCUT2D eigenvalue weighted by Gasteiger charge is 2.24. The molecular formula is C29H31N3O4. The van der Waals surface area contributed by atoms with Crippen molar-refractivity contribution >= 4 is 0 Å². The molecule has 0 aliphatic heterocycles. The van der Waals surface area contributed by atoms with Gasteiger partial charge in [-0.25, -0.2) is 4.68 Å². The van der Waals surface area contributed by atoms with Gasteiger partial charge < -0.3 is 19.0 Å². The molecule has 2 aromatic heterocycles. The van der Waals surface area contributed by atoms with Gasteiger partial charge in [-0.1, -0.05) is 49.2 Å². The van der Waals surface area contributed by atoms with Crippen molar-refractivity contribution in [1.29, 1.82) is 0 Å². The zero-order chi connectivity index (χ0) is 25.2. The summed E-state index contributed by atoms with van der Waals surface area (Å²) >= 11 is 0. The van der Waals surface area contributed by atoms with Gasteiger partial charge in [-0.2, -0.15) is 5.10 Å². The summed E-state index contributed by atoms with van der Waals surface area (Å²) in [5.74, 6) is 4.59. The summed E-state index contributed by atoms with van der Waals surface area (Å²) in [7, 11) is 0. The van der Waals surface area contributed by atoms with E-state index in [-0.39, 0.29) is 13.2 Å². The smallest absolute Gasteiger partial charge is 0.227 e. The molecule has 0 aliphatic carbocycles. The number of terminal acetylenes is 1. The molecule has 0 unspecified atom stereocenters. The quantitative estimate of drug-likeness (QED) is 0.216. The lowest BCUT2D eigenvalue weighted by atomic mass is 10.1. The molecule has 0 spiro atoms. The number of ether oxygens (including phenoxy) is 2. The van der Waals surface area contributed by atoms with Crippen molar-refractivity contribution in [2.45, 2.75) is 32.5 Å². The van der Waals surface area contributed by atoms with Gasteiger partial charge in [0.1, 0.15) is 18.1 Å². The second kappa shape index (κ2) is 12.8. The average Bonchev–Trinajstić information content (AvgIpc) is 3.53. The zero-order valence-corrected chi connectivity index (χ0v) is 20.4. The number of aliphatic hydroxyl groups excluding tert-OH is 1. The van der Waals surface area contributed by atoms with Crippen LogP contribution in [0.15, 0.2) is 83.5 Å². The van der Waals surface area contributed by atoms with E-state index in [0.29, 0.717) is 25.5 Å². The van der Waals surface area contributed by atoms with Crippen LogP contribution >= 0.6 is 0 Å². The first-order chi connectivity index (χ1) is 17.7. The fraction of sp³-hybridized carbons (Fsp3) is 0.276. The number of furan rings is 1. The van der Waals surface area contributed by atoms with Crippen molar-refractivity contribution < 1.29 is 19.0 Å². The molecule has 0 radical (unpaired) electrons. The number of para-hydroxylation sites is 2. The normalized spacial score (nSPS) is 11.9. The first kappa shape index (κ1) is 25.3. The first-order valence-corrected chi connectivity index (χ1v) is 12.0. The van der Waals surface area contributed by atoms with E-state index in [1.54, 1.807) is 6.26 Å². The Morgan fingerprint density at radius 2 is 1.81 bits per heavy atom. The van der Waals surface area contributed by atoms with Gasteiger partial charge in [0.2, 0.25) is 5.88 Å². The van der Waals surface area contributed by atoms with Crippen LogP contribution in [0.2, 0.25) is 0 Å². The van der Waals surface area contributed by atoms with E-state index in [2.05, 4.69) is 17.7 Å². The van der Waals surface area contributed by atoms with E-state index in [1.165, 1.54) is 0 Å². The summed E-state index contributed by atoms with van der Waals surface area (Å²) in [6.07, 6.45) is 6.92. The molecule has 4 rings (SSSR count). The summed E-state index contributed by atoms with van der Waals surface area (Å²) in [5, 5.41) is 15.6. The molecular weight excluding hydrogens is 454 g/mol. The largest absolute Gasteiger partial charge is 0.468 e. The highest BCUT2D eigenvalue weighted by molar-refractivity contribution is 5.43. The summed E-state index contributed by atoms with van der Waals surface area (Å²) in [4.78, 5) is 2.10. The van der Waals surface area contributed by atoms with Crippen molar-refractivity contribution in [1.82, 2.24) is 14.7 Å². The second-order valence-corrected chi connectivity index (χ2v) is 8.37. The van der Waals surface area contributed by atoms with E-state index in [9.17, 15) is 5.11 Å². The fourth-order valence-corrected chi connectivity index (χ4v) is 4.01. The minimum absolute atomic E-state index is 0.149. The Labute approximate surface area is 211 Å². The molecule has 4 aromatic rings. The number of hydrogen-bond acceptors (Lipinski definition) is 6. The molecule has 0 saturated carbocycles. The average molecular weight is 486 g/mol. The Morgan fingerprint density at radius 3 is 2.47 bits per heavy atom. The molecule has 0 saturated heterocycles. The maximum Gasteiger partial charge on any atom is 0.227 e. The van der Waals surface area contributed by atoms with Crippen molar-refractivity contribution in [3.05, 3.63) is 96.1 Å². The minimum Gasteiger partial charge on any atom is -0.468 e. The van der Waals surface area contributed by atoms with Crippen LogP contribution in [0.1, 0.15) is 23.9 Å². The summed E-state index contributed by atoms with van der Waals surface area (Å²) in [6, 6.07) is 23.4. The van der Waals surface area contributed by atoms with Crippen LogP contribution in [0, 0.1) is 12.3 Å². The number of rotatable bonds is 13. The van der Waals surface area contributed by atoms with Crippen molar-refractivity contribution in [3.63, 3.8) is 0 Å². The van der Waals surface area contributed by atoms with Gasteiger partial charge in [-0.05, 0) is 42.8 Å². The van der Waals surface area contributed by atoms with Crippen LogP contribution in [0.4, 0.5) is 0 Å². The molecule has 0 bridgehead atoms. The lowest BCUT2D eigenvalue weighted by Gasteiger charge is -2.24. The number of nitrogens with zero attached hydrogens (tertiary/aromatic N) is 3. The molecule has 2 aromatic carbocycles. The standard InChI is InChI=1S/C29H31N3O4/c1-3-17-34-22-24(33)19-31(20-26-16-11-18-35-26)21-27-28(4-2)30-32(23-12-7-5-8-13-23)29(27)36-25-14-9-6-10-15-25/h1,5-16,18,24,33H,4,17,19-22H2,2H3/t24-/m1/s1. The third-order valence-corrected chi connectivity index (χ3v) is 5.62. The van der Waals surface area contributed by atoms with Crippen LogP contribution in [-0.2, 0) is 24.2 Å². The van der Waals surface area contributed by atoms with Crippen LogP contribution in [0.5, 0.6) is 11.6 Å². The van der Waals surface area contributed by atoms with E-state index >= 15 is 0 Å². The third-order valence-electron chi connectivity index (χ3n) is 5.62. The maximum absolute atomic E-state index is 10.6. The lowest BCUT2D eigenvalue weighted by Crippen LogP contribution is -2.34. The van der Waals surface area contributed by atoms with Crippen molar-refractivity contribution in [3.8, 4) is 29.7 Å². The Balaban J connectivity index is 1.69. The zero-order valence-electron chi connectivity index (χ0n) is 20.4. The number of aryl methyl sites for hydroxylation is 1. The predicted molar refractivity (Wildman–Crippen MR) is 138 cm³/mol. The SMILES string of the molecule is C#CCOC[C@H](O)CN(Cc1ccco1)Cc1c(CC)nn(-c2ccccc2)c1Oc1ccccc1. The maximum atomic E-state index is 10.6. The number of hydrogen-bond donors (Lipinski definition) is 1. The summed E-state index contributed by atoms with van der Waals surface area (Å²) in [6.45, 7) is 3.74. The third kappa shape index (κ3) is 6.64. The van der Waals surface area contributed by atoms with Gasteiger partial charge in [0.25, 0.3) is 0 Å². The number of aliphatic hydroxyl groups is 1. The second-order valence-electron chi connectivity index (χ2n) is 8.37. The molecule has 2 heterocycles. The van der Waals surface area contributed by atoms with Crippen molar-refractivity contribution in [2.24, 2.45) is 0 Å². The molecule has 7 nitrogen and oxygen atoms in total. The molecule has 1 N–H and O–H groups in total. The van der Waals surface area contributed by atoms with Gasteiger partial charge in [0.05, 0.1) is 42.5 Å². The van der Waals surface area contributed by atoms with E-state index < -0.39 is 6.10 Å². The molecule has 1 atom stereocenters. The topological polar surface area (TPSA) is 72.9 Å². The molecule has 0 amide bonds. The van der Waals surface area contributed by atoms with E-state index in [1.807, 2.05) is 77.5 Å². The fourth-order valence-electron chi connectivity index (χ4n) is 4.01. The molecule has 36 heavy (non-hydrogen) atoms. The lowest BCUT2D eigenvalue weighted by molar-refractivity contribution is 0.0228. The predicted octanol–water partition coefficient (Wildman–Crippen LogP) is 4.83. The summed E-state index contributed by atoms with van der Waals surface area (Å²) < 4.78 is 19.3. The van der Waals surface area contributed by atoms with Gasteiger partial charge in [0, 0.05) is 13.1 Å². The number of aromatic nitrogens is 2. The van der Waals surface area contributed by atoms with Crippen LogP contribution in [-0.4, -0.2) is 45.6 Å². The van der Waals surface area contributed by atoms with Gasteiger partial charge in [-0.3, -0.25) is 4.90 Å². The molecule has 7 heteroatoms. The van der Waals surface area contributed by atoms with Gasteiger partial charge in [-0.15, -0.1) is 6.42 Å². The molecule has 186 valence electrons. The van der Waals surface area contributed by atoms with Gasteiger partial charge >= 0.3 is 0 Å². The molecule has 0 fully saturated rings. The molecule has 0 aliphatic rings. The summed E-state index contributed by atoms with van der Waals surface area (Å²) in [5.41, 5.74) is 2.78. The van der Waals surface area contributed by atoms with E-state index in [4.69, 9.17) is 25.4 Å². The number of benzene rings is 2. The Morgan fingerprint density at radius 1 is 1.06 bits per heavy atom. The van der Waals surface area contributed by atoms with Gasteiger partial charge in [0.15, 0.2) is 0 Å².